The highest BCUT2D eigenvalue weighted by Gasteiger charge is 2.17. The quantitative estimate of drug-likeness (QED) is 0.817. The van der Waals surface area contributed by atoms with Gasteiger partial charge in [0.15, 0.2) is 5.11 Å². The maximum Gasteiger partial charge on any atom is 0.226 e. The smallest absolute Gasteiger partial charge is 0.226 e. The zero-order valence-corrected chi connectivity index (χ0v) is 14.9. The molecule has 0 atom stereocenters. The first-order chi connectivity index (χ1) is 10.2. The van der Waals surface area contributed by atoms with Crippen molar-refractivity contribution in [1.82, 2.24) is 5.32 Å². The highest BCUT2D eigenvalue weighted by molar-refractivity contribution is 7.80. The van der Waals surface area contributed by atoms with Crippen molar-refractivity contribution >= 4 is 40.5 Å². The van der Waals surface area contributed by atoms with Crippen LogP contribution in [0.3, 0.4) is 0 Å². The Morgan fingerprint density at radius 3 is 2.32 bits per heavy atom. The number of benzene rings is 1. The van der Waals surface area contributed by atoms with Gasteiger partial charge in [0, 0.05) is 18.6 Å². The normalized spacial score (nSPS) is 10.8. The summed E-state index contributed by atoms with van der Waals surface area (Å²) in [6.07, 6.45) is 0.371. The Morgan fingerprint density at radius 1 is 1.23 bits per heavy atom. The van der Waals surface area contributed by atoms with E-state index in [-0.39, 0.29) is 16.4 Å². The predicted octanol–water partition coefficient (Wildman–Crippen LogP) is 3.61. The fourth-order valence-electron chi connectivity index (χ4n) is 1.76. The van der Waals surface area contributed by atoms with E-state index in [1.807, 2.05) is 20.8 Å². The molecule has 0 aliphatic carbocycles. The molecule has 0 aliphatic rings. The third kappa shape index (κ3) is 5.69. The van der Waals surface area contributed by atoms with Crippen molar-refractivity contribution in [2.24, 2.45) is 5.41 Å². The molecule has 1 aromatic rings. The summed E-state index contributed by atoms with van der Waals surface area (Å²) in [5, 5.41) is 6.17. The van der Waals surface area contributed by atoms with Gasteiger partial charge in [-0.3, -0.25) is 4.79 Å². The average molecular weight is 345 g/mol. The summed E-state index contributed by atoms with van der Waals surface area (Å²) < 4.78 is 10.4. The molecule has 5 nitrogen and oxygen atoms in total. The van der Waals surface area contributed by atoms with Gasteiger partial charge in [0.1, 0.15) is 11.5 Å². The number of amides is 1. The first-order valence-corrected chi connectivity index (χ1v) is 7.47. The standard InChI is InChI=1S/C15H21ClN2O3S/c1-15(2,3)8-13(19)18-14(22)17-10-7-11(20-4)9(16)6-12(10)21-5/h6-7H,8H2,1-5H3,(H2,17,18,19,22). The third-order valence-corrected chi connectivity index (χ3v) is 3.17. The first-order valence-electron chi connectivity index (χ1n) is 6.68. The van der Waals surface area contributed by atoms with Crippen LogP contribution in [0, 0.1) is 5.41 Å². The van der Waals surface area contributed by atoms with E-state index in [0.717, 1.165) is 0 Å². The highest BCUT2D eigenvalue weighted by atomic mass is 35.5. The van der Waals surface area contributed by atoms with E-state index in [2.05, 4.69) is 10.6 Å². The highest BCUT2D eigenvalue weighted by Crippen LogP contribution is 2.35. The number of halogens is 1. The number of hydrogen-bond acceptors (Lipinski definition) is 4. The Morgan fingerprint density at radius 2 is 1.82 bits per heavy atom. The van der Waals surface area contributed by atoms with E-state index >= 15 is 0 Å². The minimum absolute atomic E-state index is 0.110. The molecular formula is C15H21ClN2O3S. The van der Waals surface area contributed by atoms with Crippen LogP contribution in [0.1, 0.15) is 27.2 Å². The number of carbonyl (C=O) groups is 1. The second-order valence-electron chi connectivity index (χ2n) is 5.93. The lowest BCUT2D eigenvalue weighted by atomic mass is 9.92. The van der Waals surface area contributed by atoms with Crippen LogP contribution in [0.25, 0.3) is 0 Å². The summed E-state index contributed by atoms with van der Waals surface area (Å²) in [4.78, 5) is 11.9. The third-order valence-electron chi connectivity index (χ3n) is 2.67. The molecule has 1 amide bonds. The number of anilines is 1. The van der Waals surface area contributed by atoms with Crippen LogP contribution < -0.4 is 20.1 Å². The summed E-state index contributed by atoms with van der Waals surface area (Å²) in [5.74, 6) is 0.830. The number of ether oxygens (including phenoxy) is 2. The van der Waals surface area contributed by atoms with Crippen LogP contribution in [0.2, 0.25) is 5.02 Å². The molecule has 22 heavy (non-hydrogen) atoms. The number of carbonyl (C=O) groups excluding carboxylic acids is 1. The summed E-state index contributed by atoms with van der Waals surface area (Å²) >= 11 is 11.2. The van der Waals surface area contributed by atoms with Gasteiger partial charge in [-0.15, -0.1) is 0 Å². The summed E-state index contributed by atoms with van der Waals surface area (Å²) in [7, 11) is 3.03. The number of nitrogens with one attached hydrogen (secondary N) is 2. The van der Waals surface area contributed by atoms with Gasteiger partial charge in [-0.2, -0.15) is 0 Å². The van der Waals surface area contributed by atoms with Gasteiger partial charge in [0.2, 0.25) is 5.91 Å². The van der Waals surface area contributed by atoms with Crippen molar-refractivity contribution in [2.45, 2.75) is 27.2 Å². The van der Waals surface area contributed by atoms with Crippen LogP contribution in [0.5, 0.6) is 11.5 Å². The van der Waals surface area contributed by atoms with Gasteiger partial charge in [0.25, 0.3) is 0 Å². The van der Waals surface area contributed by atoms with E-state index in [0.29, 0.717) is 28.6 Å². The lowest BCUT2D eigenvalue weighted by Crippen LogP contribution is -2.36. The Hall–Kier alpha value is -1.53. The van der Waals surface area contributed by atoms with Gasteiger partial charge in [-0.05, 0) is 17.6 Å². The fourth-order valence-corrected chi connectivity index (χ4v) is 2.22. The van der Waals surface area contributed by atoms with Crippen molar-refractivity contribution in [2.75, 3.05) is 19.5 Å². The molecule has 0 aromatic heterocycles. The van der Waals surface area contributed by atoms with E-state index < -0.39 is 0 Å². The van der Waals surface area contributed by atoms with E-state index in [1.165, 1.54) is 14.2 Å². The lowest BCUT2D eigenvalue weighted by Gasteiger charge is -2.18. The molecule has 0 fully saturated rings. The molecule has 1 aromatic carbocycles. The van der Waals surface area contributed by atoms with E-state index in [1.54, 1.807) is 12.1 Å². The number of hydrogen-bond donors (Lipinski definition) is 2. The average Bonchev–Trinajstić information content (AvgIpc) is 2.37. The first kappa shape index (κ1) is 18.5. The number of rotatable bonds is 4. The van der Waals surface area contributed by atoms with Gasteiger partial charge >= 0.3 is 0 Å². The number of thiocarbonyl (C=S) groups is 1. The largest absolute Gasteiger partial charge is 0.495 e. The van der Waals surface area contributed by atoms with Crippen LogP contribution in [0.15, 0.2) is 12.1 Å². The van der Waals surface area contributed by atoms with Crippen molar-refractivity contribution < 1.29 is 14.3 Å². The molecule has 2 N–H and O–H groups in total. The van der Waals surface area contributed by atoms with Crippen molar-refractivity contribution in [3.8, 4) is 11.5 Å². The molecule has 0 unspecified atom stereocenters. The molecule has 0 heterocycles. The van der Waals surface area contributed by atoms with Crippen LogP contribution >= 0.6 is 23.8 Å². The Labute approximate surface area is 141 Å². The second kappa shape index (κ2) is 7.65. The molecule has 0 spiro atoms. The molecule has 0 radical (unpaired) electrons. The van der Waals surface area contributed by atoms with Gasteiger partial charge in [-0.1, -0.05) is 32.4 Å². The SMILES string of the molecule is COc1cc(NC(=S)NC(=O)CC(C)(C)C)c(OC)cc1Cl. The maximum absolute atomic E-state index is 11.9. The molecule has 7 heteroatoms. The predicted molar refractivity (Wildman–Crippen MR) is 93.0 cm³/mol. The Bertz CT molecular complexity index is 571. The Kier molecular flexibility index (Phi) is 6.44. The van der Waals surface area contributed by atoms with Gasteiger partial charge in [-0.25, -0.2) is 0 Å². The minimum Gasteiger partial charge on any atom is -0.495 e. The molecular weight excluding hydrogens is 324 g/mol. The zero-order chi connectivity index (χ0) is 16.9. The summed E-state index contributed by atoms with van der Waals surface area (Å²) in [5.41, 5.74) is 0.450. The molecule has 122 valence electrons. The Balaban J connectivity index is 2.81. The summed E-state index contributed by atoms with van der Waals surface area (Å²) in [6, 6.07) is 3.27. The topological polar surface area (TPSA) is 59.6 Å². The van der Waals surface area contributed by atoms with Crippen LogP contribution in [0.4, 0.5) is 5.69 Å². The summed E-state index contributed by atoms with van der Waals surface area (Å²) in [6.45, 7) is 5.95. The van der Waals surface area contributed by atoms with E-state index in [4.69, 9.17) is 33.3 Å². The second-order valence-corrected chi connectivity index (χ2v) is 6.74. The fraction of sp³-hybridized carbons (Fsp3) is 0.467. The molecule has 0 saturated carbocycles. The van der Waals surface area contributed by atoms with Crippen LogP contribution in [-0.4, -0.2) is 25.2 Å². The van der Waals surface area contributed by atoms with Gasteiger partial charge < -0.3 is 20.1 Å². The van der Waals surface area contributed by atoms with Crippen LogP contribution in [-0.2, 0) is 4.79 Å². The lowest BCUT2D eigenvalue weighted by molar-refractivity contribution is -0.121. The minimum atomic E-state index is -0.148. The van der Waals surface area contributed by atoms with Crippen molar-refractivity contribution in [1.29, 1.82) is 0 Å². The molecule has 1 rings (SSSR count). The molecule has 0 bridgehead atoms. The van der Waals surface area contributed by atoms with Crippen molar-refractivity contribution in [3.63, 3.8) is 0 Å². The maximum atomic E-state index is 11.9. The number of methoxy groups -OCH3 is 2. The monoisotopic (exact) mass is 344 g/mol. The molecule has 0 aliphatic heterocycles. The van der Waals surface area contributed by atoms with Crippen molar-refractivity contribution in [3.05, 3.63) is 17.2 Å². The van der Waals surface area contributed by atoms with E-state index in [9.17, 15) is 4.79 Å². The molecule has 0 saturated heterocycles. The zero-order valence-electron chi connectivity index (χ0n) is 13.4. The van der Waals surface area contributed by atoms with Gasteiger partial charge in [0.05, 0.1) is 24.9 Å².